The summed E-state index contributed by atoms with van der Waals surface area (Å²) >= 11 is 1.85. The lowest BCUT2D eigenvalue weighted by atomic mass is 9.74. The average molecular weight is 821 g/mol. The first-order chi connectivity index (χ1) is 31.1. The summed E-state index contributed by atoms with van der Waals surface area (Å²) in [5, 5.41) is 2.59. The quantitative estimate of drug-likeness (QED) is 0.160. The molecule has 0 N–H and O–H groups in total. The SMILES string of the molecule is CC1(c2ccccc2)c2ccccc2-c2c(-c3cc(-c4ccccc4)cc(-c4cc(-c5cccc(-c6ccc7sc8ccccc8c7c6)c5)nc(-c5ccccc5)n4)c3)cccc21. The van der Waals surface area contributed by atoms with E-state index in [0.717, 1.165) is 50.3 Å². The molecule has 0 saturated carbocycles. The molecule has 0 spiro atoms. The van der Waals surface area contributed by atoms with Crippen LogP contribution < -0.4 is 0 Å². The fraction of sp³-hybridized carbons (Fsp3) is 0.0333. The van der Waals surface area contributed by atoms with Crippen LogP contribution in [0.25, 0.3) is 98.6 Å². The highest BCUT2D eigenvalue weighted by Crippen LogP contribution is 2.55. The fourth-order valence-corrected chi connectivity index (χ4v) is 10.9. The molecule has 63 heavy (non-hydrogen) atoms. The van der Waals surface area contributed by atoms with Gasteiger partial charge in [-0.3, -0.25) is 0 Å². The van der Waals surface area contributed by atoms with E-state index in [1.54, 1.807) is 0 Å². The lowest BCUT2D eigenvalue weighted by Gasteiger charge is -2.28. The van der Waals surface area contributed by atoms with E-state index in [2.05, 4.69) is 225 Å². The van der Waals surface area contributed by atoms with Gasteiger partial charge in [0.15, 0.2) is 5.82 Å². The zero-order chi connectivity index (χ0) is 41.9. The minimum absolute atomic E-state index is 0.299. The molecule has 296 valence electrons. The first-order valence-electron chi connectivity index (χ1n) is 21.6. The van der Waals surface area contributed by atoms with Gasteiger partial charge in [-0.25, -0.2) is 9.97 Å². The number of thiophene rings is 1. The van der Waals surface area contributed by atoms with Crippen LogP contribution in [0.15, 0.2) is 224 Å². The summed E-state index contributed by atoms with van der Waals surface area (Å²) < 4.78 is 2.61. The van der Waals surface area contributed by atoms with Gasteiger partial charge in [-0.1, -0.05) is 176 Å². The molecule has 2 nitrogen and oxygen atoms in total. The van der Waals surface area contributed by atoms with Crippen LogP contribution in [0.2, 0.25) is 0 Å². The molecular weight excluding hydrogens is 781 g/mol. The molecule has 1 unspecified atom stereocenters. The number of benzene rings is 9. The molecule has 2 aromatic heterocycles. The maximum atomic E-state index is 5.37. The molecule has 2 heterocycles. The van der Waals surface area contributed by atoms with Crippen molar-refractivity contribution in [2.45, 2.75) is 12.3 Å². The Labute approximate surface area is 371 Å². The van der Waals surface area contributed by atoms with Crippen molar-refractivity contribution in [2.24, 2.45) is 0 Å². The van der Waals surface area contributed by atoms with Gasteiger partial charge < -0.3 is 0 Å². The number of rotatable bonds is 7. The standard InChI is InChI=1S/C60H40N2S/c1-60(47-23-9-4-10-24-47)52-28-13-11-26-50(52)58-48(27-16-29-53(58)60)45-34-44(39-17-5-2-6-18-39)35-46(36-45)55-38-54(61-59(62-55)40-19-7-3-8-20-40)43-22-15-21-41(33-43)42-31-32-57-51(37-42)49-25-12-14-30-56(49)63-57/h2-38H,1H3. The average Bonchev–Trinajstić information content (AvgIpc) is 3.87. The van der Waals surface area contributed by atoms with Crippen molar-refractivity contribution in [1.29, 1.82) is 0 Å². The number of aromatic nitrogens is 2. The Morgan fingerprint density at radius 2 is 0.905 bits per heavy atom. The van der Waals surface area contributed by atoms with Gasteiger partial charge in [0, 0.05) is 42.3 Å². The van der Waals surface area contributed by atoms with Gasteiger partial charge in [-0.15, -0.1) is 11.3 Å². The molecule has 0 saturated heterocycles. The van der Waals surface area contributed by atoms with Crippen molar-refractivity contribution in [3.05, 3.63) is 241 Å². The molecule has 1 aliphatic carbocycles. The molecule has 0 bridgehead atoms. The van der Waals surface area contributed by atoms with Crippen molar-refractivity contribution in [3.8, 4) is 78.4 Å². The highest BCUT2D eigenvalue weighted by molar-refractivity contribution is 7.25. The van der Waals surface area contributed by atoms with Gasteiger partial charge in [-0.05, 0) is 117 Å². The van der Waals surface area contributed by atoms with E-state index in [9.17, 15) is 0 Å². The summed E-state index contributed by atoms with van der Waals surface area (Å²) in [6.45, 7) is 2.38. The van der Waals surface area contributed by atoms with Crippen LogP contribution in [0, 0.1) is 0 Å². The van der Waals surface area contributed by atoms with Gasteiger partial charge >= 0.3 is 0 Å². The van der Waals surface area contributed by atoms with Gasteiger partial charge in [0.05, 0.1) is 11.4 Å². The molecule has 0 fully saturated rings. The third-order valence-corrected chi connectivity index (χ3v) is 14.1. The smallest absolute Gasteiger partial charge is 0.160 e. The van der Waals surface area contributed by atoms with Crippen molar-refractivity contribution < 1.29 is 0 Å². The Balaban J connectivity index is 1.05. The lowest BCUT2D eigenvalue weighted by molar-refractivity contribution is 0.714. The van der Waals surface area contributed by atoms with Crippen molar-refractivity contribution >= 4 is 31.5 Å². The molecule has 11 aromatic rings. The lowest BCUT2D eigenvalue weighted by Crippen LogP contribution is -2.22. The largest absolute Gasteiger partial charge is 0.228 e. The Morgan fingerprint density at radius 1 is 0.349 bits per heavy atom. The van der Waals surface area contributed by atoms with Crippen LogP contribution in [-0.4, -0.2) is 9.97 Å². The Bertz CT molecular complexity index is 3520. The minimum atomic E-state index is -0.299. The number of fused-ring (bicyclic) bond motifs is 6. The Kier molecular flexibility index (Phi) is 8.84. The summed E-state index contributed by atoms with van der Waals surface area (Å²) in [4.78, 5) is 10.7. The van der Waals surface area contributed by atoms with Crippen molar-refractivity contribution in [1.82, 2.24) is 9.97 Å². The summed E-state index contributed by atoms with van der Waals surface area (Å²) in [5.74, 6) is 0.694. The van der Waals surface area contributed by atoms with Crippen LogP contribution in [0.5, 0.6) is 0 Å². The van der Waals surface area contributed by atoms with Crippen LogP contribution in [0.4, 0.5) is 0 Å². The topological polar surface area (TPSA) is 25.8 Å². The summed E-state index contributed by atoms with van der Waals surface area (Å²) in [6, 6.07) is 81.3. The Hall–Kier alpha value is -7.72. The maximum Gasteiger partial charge on any atom is 0.160 e. The predicted octanol–water partition coefficient (Wildman–Crippen LogP) is 16.2. The van der Waals surface area contributed by atoms with E-state index in [-0.39, 0.29) is 5.41 Å². The molecule has 0 aliphatic heterocycles. The second kappa shape index (κ2) is 15.0. The molecular formula is C60H40N2S. The summed E-state index contributed by atoms with van der Waals surface area (Å²) in [6.07, 6.45) is 0. The molecule has 0 radical (unpaired) electrons. The molecule has 1 aliphatic rings. The van der Waals surface area contributed by atoms with Crippen molar-refractivity contribution in [3.63, 3.8) is 0 Å². The zero-order valence-corrected chi connectivity index (χ0v) is 35.5. The molecule has 0 amide bonds. The number of hydrogen-bond acceptors (Lipinski definition) is 3. The van der Waals surface area contributed by atoms with E-state index in [0.29, 0.717) is 5.82 Å². The molecule has 1 atom stereocenters. The third kappa shape index (κ3) is 6.31. The minimum Gasteiger partial charge on any atom is -0.228 e. The molecule has 3 heteroatoms. The second-order valence-corrected chi connectivity index (χ2v) is 17.7. The Morgan fingerprint density at radius 3 is 1.73 bits per heavy atom. The predicted molar refractivity (Wildman–Crippen MR) is 265 cm³/mol. The zero-order valence-electron chi connectivity index (χ0n) is 34.7. The fourth-order valence-electron chi connectivity index (χ4n) is 9.82. The van der Waals surface area contributed by atoms with Gasteiger partial charge in [0.1, 0.15) is 0 Å². The van der Waals surface area contributed by atoms with Gasteiger partial charge in [0.2, 0.25) is 0 Å². The van der Waals surface area contributed by atoms with Crippen LogP contribution >= 0.6 is 11.3 Å². The highest BCUT2D eigenvalue weighted by atomic mass is 32.1. The van der Waals surface area contributed by atoms with Gasteiger partial charge in [-0.2, -0.15) is 0 Å². The van der Waals surface area contributed by atoms with E-state index in [1.165, 1.54) is 59.1 Å². The summed E-state index contributed by atoms with van der Waals surface area (Å²) in [7, 11) is 0. The van der Waals surface area contributed by atoms with E-state index in [4.69, 9.17) is 9.97 Å². The van der Waals surface area contributed by atoms with Crippen LogP contribution in [-0.2, 0) is 5.41 Å². The van der Waals surface area contributed by atoms with Crippen LogP contribution in [0.1, 0.15) is 23.6 Å². The number of hydrogen-bond donors (Lipinski definition) is 0. The maximum absolute atomic E-state index is 5.37. The van der Waals surface area contributed by atoms with E-state index in [1.807, 2.05) is 17.4 Å². The first kappa shape index (κ1) is 37.1. The third-order valence-electron chi connectivity index (χ3n) is 13.0. The monoisotopic (exact) mass is 820 g/mol. The first-order valence-corrected chi connectivity index (χ1v) is 22.4. The van der Waals surface area contributed by atoms with Crippen LogP contribution in [0.3, 0.4) is 0 Å². The molecule has 12 rings (SSSR count). The van der Waals surface area contributed by atoms with Gasteiger partial charge in [0.25, 0.3) is 0 Å². The molecule has 9 aromatic carbocycles. The normalized spacial score (nSPS) is 14.2. The van der Waals surface area contributed by atoms with E-state index < -0.39 is 0 Å². The summed E-state index contributed by atoms with van der Waals surface area (Å²) in [5.41, 5.74) is 18.0. The number of nitrogens with zero attached hydrogens (tertiary/aromatic N) is 2. The van der Waals surface area contributed by atoms with Crippen molar-refractivity contribution in [2.75, 3.05) is 0 Å². The van der Waals surface area contributed by atoms with E-state index >= 15 is 0 Å². The second-order valence-electron chi connectivity index (χ2n) is 16.6. The highest BCUT2D eigenvalue weighted by Gasteiger charge is 2.41.